The number of nitrogens with zero attached hydrogens (tertiary/aromatic N) is 1. The Morgan fingerprint density at radius 3 is 2.44 bits per heavy atom. The Balaban J connectivity index is 1.84. The van der Waals surface area contributed by atoms with E-state index in [1.165, 1.54) is 19.2 Å². The summed E-state index contributed by atoms with van der Waals surface area (Å²) < 4.78 is 33.2. The fourth-order valence-electron chi connectivity index (χ4n) is 3.26. The smallest absolute Gasteiger partial charge is 0.245 e. The highest BCUT2D eigenvalue weighted by molar-refractivity contribution is 7.89. The molecule has 1 unspecified atom stereocenters. The minimum Gasteiger partial charge on any atom is -0.495 e. The summed E-state index contributed by atoms with van der Waals surface area (Å²) in [5, 5.41) is 0.269. The molecule has 1 fully saturated rings. The summed E-state index contributed by atoms with van der Waals surface area (Å²) in [7, 11) is -2.59. The Morgan fingerprint density at radius 2 is 1.81 bits per heavy atom. The molecule has 0 aromatic heterocycles. The van der Waals surface area contributed by atoms with Crippen molar-refractivity contribution < 1.29 is 17.9 Å². The van der Waals surface area contributed by atoms with Gasteiger partial charge < -0.3 is 9.64 Å². The summed E-state index contributed by atoms with van der Waals surface area (Å²) in [6.45, 7) is 4.37. The second-order valence-electron chi connectivity index (χ2n) is 6.59. The number of nitrogens with one attached hydrogen (secondary N) is 1. The normalized spacial score (nSPS) is 17.4. The Morgan fingerprint density at radius 1 is 1.15 bits per heavy atom. The zero-order valence-corrected chi connectivity index (χ0v) is 16.9. The van der Waals surface area contributed by atoms with Gasteiger partial charge in [0, 0.05) is 17.3 Å². The second-order valence-corrected chi connectivity index (χ2v) is 8.71. The van der Waals surface area contributed by atoms with Crippen molar-refractivity contribution in [3.05, 3.63) is 52.5 Å². The van der Waals surface area contributed by atoms with E-state index in [0.29, 0.717) is 13.0 Å². The topological polar surface area (TPSA) is 75.7 Å². The zero-order valence-electron chi connectivity index (χ0n) is 15.3. The molecule has 1 aliphatic rings. The number of sulfonamides is 1. The summed E-state index contributed by atoms with van der Waals surface area (Å²) in [4.78, 5) is 14.3. The summed E-state index contributed by atoms with van der Waals surface area (Å²) in [6, 6.07) is 9.36. The maximum absolute atomic E-state index is 12.8. The van der Waals surface area contributed by atoms with Gasteiger partial charge in [-0.05, 0) is 61.7 Å². The summed E-state index contributed by atoms with van der Waals surface area (Å²) in [6.07, 6.45) is 0.383. The van der Waals surface area contributed by atoms with Gasteiger partial charge in [0.1, 0.15) is 16.7 Å². The first-order valence-corrected chi connectivity index (χ1v) is 10.3. The largest absolute Gasteiger partial charge is 0.495 e. The highest BCUT2D eigenvalue weighted by Crippen LogP contribution is 2.29. The molecule has 8 heteroatoms. The molecule has 0 bridgehead atoms. The number of benzene rings is 2. The molecule has 1 amide bonds. The highest BCUT2D eigenvalue weighted by Gasteiger charge is 2.36. The quantitative estimate of drug-likeness (QED) is 0.825. The number of aryl methyl sites for hydroxylation is 2. The van der Waals surface area contributed by atoms with E-state index in [-0.39, 0.29) is 21.6 Å². The van der Waals surface area contributed by atoms with Crippen LogP contribution in [0.1, 0.15) is 17.5 Å². The Hall–Kier alpha value is -2.09. The van der Waals surface area contributed by atoms with Crippen molar-refractivity contribution in [2.75, 3.05) is 18.6 Å². The number of carbonyl (C=O) groups is 1. The van der Waals surface area contributed by atoms with Gasteiger partial charge >= 0.3 is 0 Å². The number of amides is 1. The Kier molecular flexibility index (Phi) is 5.46. The molecule has 1 N–H and O–H groups in total. The van der Waals surface area contributed by atoms with E-state index in [1.807, 2.05) is 32.0 Å². The van der Waals surface area contributed by atoms with Crippen LogP contribution in [0.2, 0.25) is 5.02 Å². The zero-order chi connectivity index (χ0) is 19.8. The van der Waals surface area contributed by atoms with Crippen molar-refractivity contribution in [2.24, 2.45) is 0 Å². The molecular weight excluding hydrogens is 388 g/mol. The average molecular weight is 409 g/mol. The van der Waals surface area contributed by atoms with Crippen LogP contribution in [0.4, 0.5) is 5.69 Å². The molecule has 6 nitrogen and oxygen atoms in total. The first-order valence-electron chi connectivity index (χ1n) is 8.47. The van der Waals surface area contributed by atoms with Gasteiger partial charge in [-0.2, -0.15) is 4.72 Å². The lowest BCUT2D eigenvalue weighted by atomic mass is 10.1. The van der Waals surface area contributed by atoms with Crippen LogP contribution >= 0.6 is 11.6 Å². The number of methoxy groups -OCH3 is 1. The van der Waals surface area contributed by atoms with Gasteiger partial charge in [-0.15, -0.1) is 0 Å². The van der Waals surface area contributed by atoms with Crippen molar-refractivity contribution >= 4 is 33.2 Å². The molecule has 2 aromatic rings. The van der Waals surface area contributed by atoms with E-state index >= 15 is 0 Å². The fourth-order valence-corrected chi connectivity index (χ4v) is 4.92. The fraction of sp³-hybridized carbons (Fsp3) is 0.316. The highest BCUT2D eigenvalue weighted by atomic mass is 35.5. The summed E-state index contributed by atoms with van der Waals surface area (Å²) in [5.41, 5.74) is 2.87. The standard InChI is InChI=1S/C19H21ClN2O4S/c1-12-8-13(2)10-15(9-12)22-7-6-16(19(22)23)21-27(24,25)18-11-14(20)4-5-17(18)26-3/h4-5,8-11,16,21H,6-7H2,1-3H3. The molecule has 0 aliphatic carbocycles. The molecule has 1 aliphatic heterocycles. The van der Waals surface area contributed by atoms with E-state index in [1.54, 1.807) is 11.0 Å². The van der Waals surface area contributed by atoms with Gasteiger partial charge in [0.25, 0.3) is 0 Å². The third-order valence-electron chi connectivity index (χ3n) is 4.44. The van der Waals surface area contributed by atoms with Crippen molar-refractivity contribution in [1.29, 1.82) is 0 Å². The van der Waals surface area contributed by atoms with Gasteiger partial charge in [0.15, 0.2) is 0 Å². The number of anilines is 1. The van der Waals surface area contributed by atoms with Crippen LogP contribution in [-0.4, -0.2) is 34.0 Å². The molecule has 0 radical (unpaired) electrons. The van der Waals surface area contributed by atoms with Crippen LogP contribution in [0, 0.1) is 13.8 Å². The first kappa shape index (κ1) is 19.7. The molecular formula is C19H21ClN2O4S. The molecule has 2 aromatic carbocycles. The average Bonchev–Trinajstić information content (AvgIpc) is 2.94. The second kappa shape index (κ2) is 7.50. The molecule has 3 rings (SSSR count). The van der Waals surface area contributed by atoms with Crippen LogP contribution in [0.25, 0.3) is 0 Å². The van der Waals surface area contributed by atoms with Gasteiger partial charge in [0.05, 0.1) is 7.11 Å². The third kappa shape index (κ3) is 4.10. The number of rotatable bonds is 5. The molecule has 27 heavy (non-hydrogen) atoms. The van der Waals surface area contributed by atoms with Gasteiger partial charge in [-0.3, -0.25) is 4.79 Å². The number of ether oxygens (including phenoxy) is 1. The van der Waals surface area contributed by atoms with E-state index in [9.17, 15) is 13.2 Å². The molecule has 0 spiro atoms. The lowest BCUT2D eigenvalue weighted by Crippen LogP contribution is -2.41. The van der Waals surface area contributed by atoms with E-state index in [4.69, 9.17) is 16.3 Å². The predicted molar refractivity (Wildman–Crippen MR) is 105 cm³/mol. The lowest BCUT2D eigenvalue weighted by Gasteiger charge is -2.19. The minimum absolute atomic E-state index is 0.0878. The predicted octanol–water partition coefficient (Wildman–Crippen LogP) is 3.05. The maximum atomic E-state index is 12.8. The Labute approximate surface area is 164 Å². The molecule has 0 saturated carbocycles. The first-order chi connectivity index (χ1) is 12.7. The van der Waals surface area contributed by atoms with Crippen LogP contribution in [-0.2, 0) is 14.8 Å². The number of carbonyl (C=O) groups excluding carboxylic acids is 1. The monoisotopic (exact) mass is 408 g/mol. The van der Waals surface area contributed by atoms with Crippen molar-refractivity contribution in [2.45, 2.75) is 31.2 Å². The number of halogens is 1. The maximum Gasteiger partial charge on any atom is 0.245 e. The molecule has 1 saturated heterocycles. The minimum atomic E-state index is -3.97. The number of hydrogen-bond acceptors (Lipinski definition) is 4. The van der Waals surface area contributed by atoms with Crippen LogP contribution in [0.5, 0.6) is 5.75 Å². The van der Waals surface area contributed by atoms with Crippen molar-refractivity contribution in [1.82, 2.24) is 4.72 Å². The SMILES string of the molecule is COc1ccc(Cl)cc1S(=O)(=O)NC1CCN(c2cc(C)cc(C)c2)C1=O. The molecule has 1 atom stereocenters. The van der Waals surface area contributed by atoms with Gasteiger partial charge in [-0.1, -0.05) is 17.7 Å². The van der Waals surface area contributed by atoms with Crippen LogP contribution in [0.15, 0.2) is 41.3 Å². The summed E-state index contributed by atoms with van der Waals surface area (Å²) in [5.74, 6) is -0.104. The van der Waals surface area contributed by atoms with Gasteiger partial charge in [-0.25, -0.2) is 8.42 Å². The van der Waals surface area contributed by atoms with Crippen molar-refractivity contribution in [3.63, 3.8) is 0 Å². The Bertz CT molecular complexity index is 971. The molecule has 1 heterocycles. The van der Waals surface area contributed by atoms with E-state index in [2.05, 4.69) is 4.72 Å². The third-order valence-corrected chi connectivity index (χ3v) is 6.16. The molecule has 144 valence electrons. The van der Waals surface area contributed by atoms with Crippen LogP contribution in [0.3, 0.4) is 0 Å². The summed E-state index contributed by atoms with van der Waals surface area (Å²) >= 11 is 5.94. The van der Waals surface area contributed by atoms with E-state index in [0.717, 1.165) is 16.8 Å². The number of hydrogen-bond donors (Lipinski definition) is 1. The van der Waals surface area contributed by atoms with Crippen molar-refractivity contribution in [3.8, 4) is 5.75 Å². The van der Waals surface area contributed by atoms with Crippen LogP contribution < -0.4 is 14.4 Å². The lowest BCUT2D eigenvalue weighted by molar-refractivity contribution is -0.118. The van der Waals surface area contributed by atoms with E-state index < -0.39 is 16.1 Å². The van der Waals surface area contributed by atoms with Gasteiger partial charge in [0.2, 0.25) is 15.9 Å².